The van der Waals surface area contributed by atoms with Crippen molar-refractivity contribution < 1.29 is 0 Å². The summed E-state index contributed by atoms with van der Waals surface area (Å²) in [4.78, 5) is 0. The Balaban J connectivity index is 1.78. The molecule has 0 unspecified atom stereocenters. The fraction of sp³-hybridized carbons (Fsp3) is 0.129. The van der Waals surface area contributed by atoms with Crippen molar-refractivity contribution in [2.24, 2.45) is 0 Å². The second-order valence-electron chi connectivity index (χ2n) is 9.26. The molecule has 0 amide bonds. The lowest BCUT2D eigenvalue weighted by Crippen LogP contribution is -2.14. The van der Waals surface area contributed by atoms with Crippen LogP contribution in [0, 0.1) is 6.42 Å². The first kappa shape index (κ1) is 19.6. The third kappa shape index (κ3) is 3.64. The molecule has 0 nitrogen and oxygen atoms in total. The van der Waals surface area contributed by atoms with Gasteiger partial charge in [-0.2, -0.15) is 0 Å². The molecule has 0 atom stereocenters. The molecule has 31 heavy (non-hydrogen) atoms. The van der Waals surface area contributed by atoms with E-state index < -0.39 is 0 Å². The van der Waals surface area contributed by atoms with E-state index in [0.29, 0.717) is 0 Å². The molecule has 1 aliphatic rings. The Morgan fingerprint density at radius 1 is 0.548 bits per heavy atom. The lowest BCUT2D eigenvalue weighted by atomic mass is 9.78. The van der Waals surface area contributed by atoms with Crippen molar-refractivity contribution in [2.45, 2.75) is 26.2 Å². The van der Waals surface area contributed by atoms with E-state index in [2.05, 4.69) is 130 Å². The van der Waals surface area contributed by atoms with E-state index in [9.17, 15) is 0 Å². The zero-order valence-electron chi connectivity index (χ0n) is 18.4. The second kappa shape index (κ2) is 7.71. The van der Waals surface area contributed by atoms with Crippen molar-refractivity contribution in [3.63, 3.8) is 0 Å². The zero-order chi connectivity index (χ0) is 21.4. The van der Waals surface area contributed by atoms with E-state index in [-0.39, 0.29) is 5.41 Å². The highest BCUT2D eigenvalue weighted by Crippen LogP contribution is 2.46. The molecule has 0 N–H and O–H groups in total. The van der Waals surface area contributed by atoms with Crippen LogP contribution in [-0.4, -0.2) is 0 Å². The Kier molecular flexibility index (Phi) is 4.87. The lowest BCUT2D eigenvalue weighted by Gasteiger charge is -2.26. The number of rotatable bonds is 3. The minimum absolute atomic E-state index is 0.0392. The fourth-order valence-electron chi connectivity index (χ4n) is 4.56. The van der Waals surface area contributed by atoms with Gasteiger partial charge in [-0.1, -0.05) is 118 Å². The van der Waals surface area contributed by atoms with Crippen LogP contribution < -0.4 is 0 Å². The molecule has 1 aliphatic carbocycles. The summed E-state index contributed by atoms with van der Waals surface area (Å²) in [6.07, 6.45) is 4.70. The summed E-state index contributed by atoms with van der Waals surface area (Å²) < 4.78 is 0. The number of allylic oxidation sites excluding steroid dienone is 1. The quantitative estimate of drug-likeness (QED) is 0.324. The third-order valence-electron chi connectivity index (χ3n) is 6.09. The average Bonchev–Trinajstić information content (AvgIpc) is 3.23. The van der Waals surface area contributed by atoms with Gasteiger partial charge in [0.1, 0.15) is 0 Å². The number of benzene rings is 4. The van der Waals surface area contributed by atoms with E-state index in [1.807, 2.05) is 0 Å². The highest BCUT2D eigenvalue weighted by Gasteiger charge is 2.27. The molecule has 1 radical (unpaired) electrons. The minimum atomic E-state index is 0.0392. The molecule has 0 aliphatic heterocycles. The molecule has 151 valence electrons. The van der Waals surface area contributed by atoms with Gasteiger partial charge < -0.3 is 0 Å². The Hall–Kier alpha value is -3.38. The first-order chi connectivity index (χ1) is 15.0. The molecule has 0 heteroatoms. The van der Waals surface area contributed by atoms with Gasteiger partial charge in [-0.3, -0.25) is 0 Å². The first-order valence-corrected chi connectivity index (χ1v) is 11.0. The Morgan fingerprint density at radius 2 is 1.13 bits per heavy atom. The van der Waals surface area contributed by atoms with Gasteiger partial charge >= 0.3 is 0 Å². The van der Waals surface area contributed by atoms with Gasteiger partial charge in [0.05, 0.1) is 0 Å². The molecular formula is C31H27. The molecule has 4 aromatic carbocycles. The Labute approximate surface area is 185 Å². The normalized spacial score (nSPS) is 13.1. The number of hydrogen-bond acceptors (Lipinski definition) is 0. The summed E-state index contributed by atoms with van der Waals surface area (Å²) in [6, 6.07) is 34.8. The van der Waals surface area contributed by atoms with Crippen LogP contribution in [-0.2, 0) is 5.41 Å². The van der Waals surface area contributed by atoms with Crippen LogP contribution in [0.1, 0.15) is 43.0 Å². The van der Waals surface area contributed by atoms with Crippen LogP contribution in [0.2, 0.25) is 0 Å². The maximum atomic E-state index is 2.37. The standard InChI is InChI=1S/C31H27/c1-31(2,3)29-19-18-24-20-25(22-12-6-4-7-13-22)21-28(24)30(29)27-17-11-10-16-26(27)23-14-8-5-9-15-23/h4-21H,1-3H3. The maximum absolute atomic E-state index is 2.37. The van der Waals surface area contributed by atoms with Crippen LogP contribution in [0.3, 0.4) is 0 Å². The second-order valence-corrected chi connectivity index (χ2v) is 9.26. The van der Waals surface area contributed by atoms with Crippen molar-refractivity contribution in [1.82, 2.24) is 0 Å². The van der Waals surface area contributed by atoms with Gasteiger partial charge in [-0.25, -0.2) is 0 Å². The summed E-state index contributed by atoms with van der Waals surface area (Å²) in [5, 5.41) is 0. The lowest BCUT2D eigenvalue weighted by molar-refractivity contribution is 0.592. The summed E-state index contributed by atoms with van der Waals surface area (Å²) in [7, 11) is 0. The Morgan fingerprint density at radius 3 is 1.77 bits per heavy atom. The minimum Gasteiger partial charge on any atom is -0.0622 e. The largest absolute Gasteiger partial charge is 0.0622 e. The van der Waals surface area contributed by atoms with Crippen molar-refractivity contribution in [3.05, 3.63) is 126 Å². The van der Waals surface area contributed by atoms with E-state index in [4.69, 9.17) is 0 Å². The van der Waals surface area contributed by atoms with Crippen molar-refractivity contribution in [1.29, 1.82) is 0 Å². The van der Waals surface area contributed by atoms with Gasteiger partial charge in [-0.05, 0) is 61.6 Å². The highest BCUT2D eigenvalue weighted by molar-refractivity contribution is 6.01. The van der Waals surface area contributed by atoms with Gasteiger partial charge in [0, 0.05) is 6.42 Å². The highest BCUT2D eigenvalue weighted by atomic mass is 14.3. The molecule has 0 bridgehead atoms. The van der Waals surface area contributed by atoms with Crippen LogP contribution in [0.5, 0.6) is 0 Å². The summed E-state index contributed by atoms with van der Waals surface area (Å²) in [5.74, 6) is 0. The maximum Gasteiger partial charge on any atom is 0.0211 e. The zero-order valence-corrected chi connectivity index (χ0v) is 18.4. The topological polar surface area (TPSA) is 0 Å². The predicted octanol–water partition coefficient (Wildman–Crippen LogP) is 8.42. The van der Waals surface area contributed by atoms with Crippen LogP contribution in [0.15, 0.2) is 97.1 Å². The summed E-state index contributed by atoms with van der Waals surface area (Å²) in [6.45, 7) is 6.93. The SMILES string of the molecule is CC(C)(C)c1ccc2c(c1-c1ccccc1-c1ccccc1)C=C(c1ccccc1)[CH]2. The van der Waals surface area contributed by atoms with E-state index in [1.165, 1.54) is 50.1 Å². The predicted molar refractivity (Wildman–Crippen MR) is 134 cm³/mol. The molecule has 0 saturated carbocycles. The van der Waals surface area contributed by atoms with E-state index in [1.54, 1.807) is 0 Å². The molecule has 0 fully saturated rings. The molecule has 4 aromatic rings. The average molecular weight is 400 g/mol. The van der Waals surface area contributed by atoms with Crippen molar-refractivity contribution in [2.75, 3.05) is 0 Å². The van der Waals surface area contributed by atoms with Crippen LogP contribution in [0.4, 0.5) is 0 Å². The fourth-order valence-corrected chi connectivity index (χ4v) is 4.56. The van der Waals surface area contributed by atoms with E-state index >= 15 is 0 Å². The Bertz CT molecular complexity index is 1250. The van der Waals surface area contributed by atoms with Crippen molar-refractivity contribution in [3.8, 4) is 22.3 Å². The molecule has 5 rings (SSSR count). The molecule has 0 spiro atoms. The summed E-state index contributed by atoms with van der Waals surface area (Å²) >= 11 is 0. The van der Waals surface area contributed by atoms with Crippen LogP contribution >= 0.6 is 0 Å². The monoisotopic (exact) mass is 399 g/mol. The molecule has 0 heterocycles. The molecule has 0 aromatic heterocycles. The number of hydrogen-bond donors (Lipinski definition) is 0. The number of fused-ring (bicyclic) bond motifs is 1. The molecule has 0 saturated heterocycles. The van der Waals surface area contributed by atoms with Crippen molar-refractivity contribution >= 4 is 11.6 Å². The van der Waals surface area contributed by atoms with Gasteiger partial charge in [0.25, 0.3) is 0 Å². The van der Waals surface area contributed by atoms with Gasteiger partial charge in [0.2, 0.25) is 0 Å². The smallest absolute Gasteiger partial charge is 0.0211 e. The first-order valence-electron chi connectivity index (χ1n) is 11.0. The van der Waals surface area contributed by atoms with Gasteiger partial charge in [0.15, 0.2) is 0 Å². The van der Waals surface area contributed by atoms with Crippen LogP contribution in [0.25, 0.3) is 33.9 Å². The van der Waals surface area contributed by atoms with E-state index in [0.717, 1.165) is 0 Å². The molecular weight excluding hydrogens is 372 g/mol. The third-order valence-corrected chi connectivity index (χ3v) is 6.09. The van der Waals surface area contributed by atoms with Gasteiger partial charge in [-0.15, -0.1) is 0 Å². The summed E-state index contributed by atoms with van der Waals surface area (Å²) in [5.41, 5.74) is 11.8.